The van der Waals surface area contributed by atoms with Crippen LogP contribution in [0.25, 0.3) is 0 Å². The number of carbonyl (C=O) groups excluding carboxylic acids is 2. The van der Waals surface area contributed by atoms with Crippen molar-refractivity contribution in [2.45, 2.75) is 64.8 Å². The Morgan fingerprint density at radius 1 is 0.971 bits per heavy atom. The van der Waals surface area contributed by atoms with E-state index >= 15 is 0 Å². The van der Waals surface area contributed by atoms with Crippen molar-refractivity contribution in [3.8, 4) is 0 Å². The molecule has 0 saturated carbocycles. The molecule has 0 spiro atoms. The second-order valence-corrected chi connectivity index (χ2v) is 11.5. The number of piperidine rings is 1. The second kappa shape index (κ2) is 10.9. The molecule has 0 bridgehead atoms. The van der Waals surface area contributed by atoms with Gasteiger partial charge in [-0.1, -0.05) is 45.0 Å². The first-order valence-electron chi connectivity index (χ1n) is 13.1. The van der Waals surface area contributed by atoms with Gasteiger partial charge in [-0.25, -0.2) is 0 Å². The van der Waals surface area contributed by atoms with E-state index in [2.05, 4.69) is 67.1 Å². The molecule has 2 aromatic rings. The molecule has 2 aromatic carbocycles. The zero-order valence-corrected chi connectivity index (χ0v) is 21.8. The number of aryl methyl sites for hydroxylation is 1. The van der Waals surface area contributed by atoms with E-state index in [0.29, 0.717) is 23.9 Å². The number of likely N-dealkylation sites (tertiary alicyclic amines) is 1. The lowest BCUT2D eigenvalue weighted by Gasteiger charge is -2.38. The minimum atomic E-state index is -0.169. The number of anilines is 1. The van der Waals surface area contributed by atoms with Gasteiger partial charge in [0.25, 0.3) is 5.91 Å². The number of rotatable bonds is 7. The van der Waals surface area contributed by atoms with E-state index in [9.17, 15) is 9.59 Å². The number of ketones is 1. The van der Waals surface area contributed by atoms with Crippen LogP contribution in [0.15, 0.2) is 48.5 Å². The summed E-state index contributed by atoms with van der Waals surface area (Å²) in [5.41, 5.74) is 4.37. The lowest BCUT2D eigenvalue weighted by molar-refractivity contribution is -0.119. The van der Waals surface area contributed by atoms with Crippen LogP contribution in [0.5, 0.6) is 0 Å². The molecule has 2 fully saturated rings. The SMILES string of the molecule is Cc1cccc(N2CCC(N3CC[C@@H](CC(=O)CNC(=O)c4cccc(C(C)(C)C)c4)C3)CC2)c1. The summed E-state index contributed by atoms with van der Waals surface area (Å²) in [6.07, 6.45) is 3.99. The summed E-state index contributed by atoms with van der Waals surface area (Å²) in [4.78, 5) is 30.3. The van der Waals surface area contributed by atoms with Crippen LogP contribution >= 0.6 is 0 Å². The Bertz CT molecular complexity index is 1030. The van der Waals surface area contributed by atoms with Crippen molar-refractivity contribution in [2.24, 2.45) is 5.92 Å². The van der Waals surface area contributed by atoms with Gasteiger partial charge in [-0.05, 0) is 79.5 Å². The summed E-state index contributed by atoms with van der Waals surface area (Å²) in [6, 6.07) is 17.1. The van der Waals surface area contributed by atoms with Gasteiger partial charge in [0.15, 0.2) is 5.78 Å². The monoisotopic (exact) mass is 475 g/mol. The summed E-state index contributed by atoms with van der Waals surface area (Å²) in [5.74, 6) is 0.364. The van der Waals surface area contributed by atoms with E-state index in [1.54, 1.807) is 0 Å². The molecule has 0 unspecified atom stereocenters. The van der Waals surface area contributed by atoms with Crippen LogP contribution in [0, 0.1) is 12.8 Å². The van der Waals surface area contributed by atoms with Crippen molar-refractivity contribution in [3.05, 3.63) is 65.2 Å². The highest BCUT2D eigenvalue weighted by molar-refractivity contribution is 5.97. The molecule has 5 heteroatoms. The predicted molar refractivity (Wildman–Crippen MR) is 143 cm³/mol. The minimum absolute atomic E-state index is 0.0162. The zero-order chi connectivity index (χ0) is 25.0. The summed E-state index contributed by atoms with van der Waals surface area (Å²) in [6.45, 7) is 12.9. The van der Waals surface area contributed by atoms with Crippen molar-refractivity contribution in [3.63, 3.8) is 0 Å². The van der Waals surface area contributed by atoms with E-state index in [4.69, 9.17) is 0 Å². The van der Waals surface area contributed by atoms with Gasteiger partial charge in [0.05, 0.1) is 6.54 Å². The molecule has 2 heterocycles. The number of benzene rings is 2. The Hall–Kier alpha value is -2.66. The number of nitrogens with zero attached hydrogens (tertiary/aromatic N) is 2. The summed E-state index contributed by atoms with van der Waals surface area (Å²) in [7, 11) is 0. The van der Waals surface area contributed by atoms with Gasteiger partial charge in [-0.15, -0.1) is 0 Å². The van der Waals surface area contributed by atoms with Gasteiger partial charge < -0.3 is 10.2 Å². The molecule has 2 aliphatic rings. The molecule has 4 rings (SSSR count). The molecule has 0 aliphatic carbocycles. The standard InChI is InChI=1S/C30H41N3O2/c1-22-7-5-10-27(17-22)32-15-12-26(13-16-32)33-14-11-23(21-33)18-28(34)20-31-29(35)24-8-6-9-25(19-24)30(2,3)4/h5-10,17,19,23,26H,11-16,18,20-21H2,1-4H3,(H,31,35)/t23-/m0/s1. The molecular weight excluding hydrogens is 434 g/mol. The Morgan fingerprint density at radius 2 is 1.71 bits per heavy atom. The molecule has 2 aliphatic heterocycles. The van der Waals surface area contributed by atoms with Crippen molar-refractivity contribution >= 4 is 17.4 Å². The third kappa shape index (κ3) is 6.72. The Labute approximate surface area is 210 Å². The average Bonchev–Trinajstić information content (AvgIpc) is 3.30. The van der Waals surface area contributed by atoms with Crippen LogP contribution in [0.4, 0.5) is 5.69 Å². The third-order valence-corrected chi connectivity index (χ3v) is 7.62. The second-order valence-electron chi connectivity index (χ2n) is 11.5. The van der Waals surface area contributed by atoms with Gasteiger partial charge in [-0.2, -0.15) is 0 Å². The lowest BCUT2D eigenvalue weighted by atomic mass is 9.86. The fourth-order valence-electron chi connectivity index (χ4n) is 5.48. The number of hydrogen-bond donors (Lipinski definition) is 1. The van der Waals surface area contributed by atoms with E-state index < -0.39 is 0 Å². The molecular formula is C30H41N3O2. The van der Waals surface area contributed by atoms with Gasteiger partial charge in [0.2, 0.25) is 0 Å². The van der Waals surface area contributed by atoms with Gasteiger partial charge >= 0.3 is 0 Å². The van der Waals surface area contributed by atoms with Crippen LogP contribution in [-0.2, 0) is 10.2 Å². The molecule has 5 nitrogen and oxygen atoms in total. The number of amides is 1. The van der Waals surface area contributed by atoms with Crippen molar-refractivity contribution < 1.29 is 9.59 Å². The van der Waals surface area contributed by atoms with Crippen LogP contribution in [0.3, 0.4) is 0 Å². The van der Waals surface area contributed by atoms with E-state index in [-0.39, 0.29) is 23.7 Å². The molecule has 35 heavy (non-hydrogen) atoms. The van der Waals surface area contributed by atoms with Gasteiger partial charge in [-0.3, -0.25) is 14.5 Å². The lowest BCUT2D eigenvalue weighted by Crippen LogP contribution is -2.44. The molecule has 1 atom stereocenters. The predicted octanol–water partition coefficient (Wildman–Crippen LogP) is 4.97. The highest BCUT2D eigenvalue weighted by atomic mass is 16.2. The molecule has 188 valence electrons. The number of hydrogen-bond acceptors (Lipinski definition) is 4. The summed E-state index contributed by atoms with van der Waals surface area (Å²) in [5, 5.41) is 2.84. The van der Waals surface area contributed by atoms with Crippen LogP contribution in [0.2, 0.25) is 0 Å². The Kier molecular flexibility index (Phi) is 7.95. The smallest absolute Gasteiger partial charge is 0.251 e. The molecule has 1 amide bonds. The van der Waals surface area contributed by atoms with E-state index in [1.807, 2.05) is 24.3 Å². The van der Waals surface area contributed by atoms with Crippen molar-refractivity contribution in [2.75, 3.05) is 37.6 Å². The van der Waals surface area contributed by atoms with Crippen LogP contribution in [-0.4, -0.2) is 55.4 Å². The number of nitrogens with one attached hydrogen (secondary N) is 1. The van der Waals surface area contributed by atoms with Crippen LogP contribution in [0.1, 0.15) is 67.9 Å². The van der Waals surface area contributed by atoms with Gasteiger partial charge in [0.1, 0.15) is 0 Å². The molecule has 0 aromatic heterocycles. The fraction of sp³-hybridized carbons (Fsp3) is 0.533. The first-order valence-corrected chi connectivity index (χ1v) is 13.1. The quantitative estimate of drug-likeness (QED) is 0.614. The Morgan fingerprint density at radius 3 is 2.43 bits per heavy atom. The fourth-order valence-corrected chi connectivity index (χ4v) is 5.48. The molecule has 2 saturated heterocycles. The summed E-state index contributed by atoms with van der Waals surface area (Å²) >= 11 is 0. The summed E-state index contributed by atoms with van der Waals surface area (Å²) < 4.78 is 0. The largest absolute Gasteiger partial charge is 0.371 e. The zero-order valence-electron chi connectivity index (χ0n) is 21.8. The van der Waals surface area contributed by atoms with E-state index in [1.165, 1.54) is 24.1 Å². The maximum atomic E-state index is 12.6. The van der Waals surface area contributed by atoms with Crippen LogP contribution < -0.4 is 10.2 Å². The minimum Gasteiger partial charge on any atom is -0.371 e. The topological polar surface area (TPSA) is 52.6 Å². The molecule has 0 radical (unpaired) electrons. The van der Waals surface area contributed by atoms with Crippen molar-refractivity contribution in [1.29, 1.82) is 0 Å². The van der Waals surface area contributed by atoms with Crippen molar-refractivity contribution in [1.82, 2.24) is 10.2 Å². The Balaban J connectivity index is 1.20. The number of carbonyl (C=O) groups is 2. The molecule has 1 N–H and O–H groups in total. The normalized spacial score (nSPS) is 19.7. The maximum Gasteiger partial charge on any atom is 0.251 e. The first kappa shape index (κ1) is 25.4. The number of Topliss-reactive ketones (excluding diaryl/α,β-unsaturated/α-hetero) is 1. The van der Waals surface area contributed by atoms with Gasteiger partial charge in [0, 0.05) is 43.3 Å². The van der Waals surface area contributed by atoms with E-state index in [0.717, 1.165) is 38.2 Å². The highest BCUT2D eigenvalue weighted by Crippen LogP contribution is 2.28. The average molecular weight is 476 g/mol. The third-order valence-electron chi connectivity index (χ3n) is 7.62. The highest BCUT2D eigenvalue weighted by Gasteiger charge is 2.31. The maximum absolute atomic E-state index is 12.6. The first-order chi connectivity index (χ1) is 16.7.